The fraction of sp³-hybridized carbons (Fsp3) is 0.250. The highest BCUT2D eigenvalue weighted by molar-refractivity contribution is 6.67. The van der Waals surface area contributed by atoms with Crippen molar-refractivity contribution >= 4 is 28.4 Å². The average Bonchev–Trinajstić information content (AvgIpc) is 2.15. The van der Waals surface area contributed by atoms with Crippen molar-refractivity contribution in [3.05, 3.63) is 22.3 Å². The first kappa shape index (κ1) is 12.1. The van der Waals surface area contributed by atoms with Gasteiger partial charge in [0.2, 0.25) is 5.88 Å². The number of aromatic nitrogens is 1. The summed E-state index contributed by atoms with van der Waals surface area (Å²) in [4.78, 5) is 14.4. The van der Waals surface area contributed by atoms with Crippen LogP contribution in [0.5, 0.6) is 5.88 Å². The second-order valence-electron chi connectivity index (χ2n) is 2.48. The zero-order valence-electron chi connectivity index (χ0n) is 7.43. The minimum Gasteiger partial charge on any atom is -0.481 e. The van der Waals surface area contributed by atoms with Crippen molar-refractivity contribution in [2.75, 3.05) is 7.11 Å². The van der Waals surface area contributed by atoms with Crippen LogP contribution in [-0.4, -0.2) is 17.3 Å². The van der Waals surface area contributed by atoms with Gasteiger partial charge in [0.05, 0.1) is 17.7 Å². The summed E-state index contributed by atoms with van der Waals surface area (Å²) in [6, 6.07) is 1.09. The number of pyridine rings is 1. The molecule has 1 aromatic heterocycles. The van der Waals surface area contributed by atoms with Gasteiger partial charge in [-0.05, 0) is 11.6 Å². The van der Waals surface area contributed by atoms with Gasteiger partial charge in [0.25, 0.3) is 11.7 Å². The van der Waals surface area contributed by atoms with Crippen LogP contribution < -0.4 is 4.74 Å². The Morgan fingerprint density at radius 1 is 1.60 bits per heavy atom. The molecule has 0 saturated carbocycles. The minimum atomic E-state index is -2.92. The zero-order chi connectivity index (χ0) is 11.6. The number of carbonyl (C=O) groups excluding carboxylic acids is 1. The lowest BCUT2D eigenvalue weighted by Crippen LogP contribution is -2.04. The third-order valence-corrected chi connectivity index (χ3v) is 2.09. The molecule has 0 bridgehead atoms. The largest absolute Gasteiger partial charge is 0.481 e. The minimum absolute atomic E-state index is 0.0478. The molecule has 0 spiro atoms. The molecule has 1 heterocycles. The molecule has 0 aliphatic heterocycles. The summed E-state index contributed by atoms with van der Waals surface area (Å²) in [5.41, 5.74) is -1.27. The average molecular weight is 256 g/mol. The van der Waals surface area contributed by atoms with Crippen LogP contribution in [0.15, 0.2) is 6.07 Å². The van der Waals surface area contributed by atoms with Crippen molar-refractivity contribution in [2.45, 2.75) is 6.43 Å². The summed E-state index contributed by atoms with van der Waals surface area (Å²) in [6.45, 7) is 0. The molecule has 15 heavy (non-hydrogen) atoms. The molecular formula is C8H5Cl2F2NO2. The van der Waals surface area contributed by atoms with Crippen molar-refractivity contribution in [3.8, 4) is 5.88 Å². The molecule has 0 fully saturated rings. The van der Waals surface area contributed by atoms with Crippen molar-refractivity contribution < 1.29 is 18.3 Å². The van der Waals surface area contributed by atoms with Crippen LogP contribution in [-0.2, 0) is 0 Å². The molecule has 0 radical (unpaired) electrons. The number of halogens is 4. The van der Waals surface area contributed by atoms with Gasteiger partial charge < -0.3 is 4.74 Å². The highest BCUT2D eigenvalue weighted by Crippen LogP contribution is 2.32. The van der Waals surface area contributed by atoms with Crippen LogP contribution in [0, 0.1) is 0 Å². The van der Waals surface area contributed by atoms with E-state index in [2.05, 4.69) is 9.72 Å². The lowest BCUT2D eigenvalue weighted by Gasteiger charge is -2.08. The summed E-state index contributed by atoms with van der Waals surface area (Å²) in [6.07, 6.45) is -2.92. The maximum Gasteiger partial charge on any atom is 0.271 e. The van der Waals surface area contributed by atoms with E-state index >= 15 is 0 Å². The van der Waals surface area contributed by atoms with Crippen LogP contribution in [0.2, 0.25) is 5.02 Å². The first-order valence-electron chi connectivity index (χ1n) is 3.69. The Kier molecular flexibility index (Phi) is 3.82. The molecule has 0 amide bonds. The van der Waals surface area contributed by atoms with Crippen LogP contribution in [0.25, 0.3) is 0 Å². The van der Waals surface area contributed by atoms with Crippen LogP contribution in [0.4, 0.5) is 8.78 Å². The maximum absolute atomic E-state index is 12.5. The molecular weight excluding hydrogens is 251 g/mol. The number of methoxy groups -OCH3 is 1. The van der Waals surface area contributed by atoms with Gasteiger partial charge in [-0.2, -0.15) is 0 Å². The molecule has 0 aromatic carbocycles. The van der Waals surface area contributed by atoms with Gasteiger partial charge in [-0.3, -0.25) is 4.79 Å². The molecule has 3 nitrogen and oxygen atoms in total. The third kappa shape index (κ3) is 2.54. The van der Waals surface area contributed by atoms with Crippen molar-refractivity contribution in [1.29, 1.82) is 0 Å². The Balaban J connectivity index is 3.42. The number of nitrogens with zero attached hydrogens (tertiary/aromatic N) is 1. The lowest BCUT2D eigenvalue weighted by atomic mass is 10.2. The fourth-order valence-corrected chi connectivity index (χ4v) is 1.37. The molecule has 0 aliphatic rings. The highest BCUT2D eigenvalue weighted by Gasteiger charge is 2.23. The molecule has 0 atom stereocenters. The second kappa shape index (κ2) is 4.72. The van der Waals surface area contributed by atoms with Gasteiger partial charge in [0, 0.05) is 6.07 Å². The van der Waals surface area contributed by atoms with Gasteiger partial charge in [-0.25, -0.2) is 13.8 Å². The Labute approximate surface area is 94.0 Å². The van der Waals surface area contributed by atoms with Gasteiger partial charge in [0.15, 0.2) is 0 Å². The van der Waals surface area contributed by atoms with E-state index in [1.807, 2.05) is 0 Å². The summed E-state index contributed by atoms with van der Waals surface area (Å²) < 4.78 is 29.7. The molecule has 0 saturated heterocycles. The SMILES string of the molecule is COc1cc(Cl)c(C(F)F)c(C(=O)Cl)n1. The topological polar surface area (TPSA) is 39.2 Å². The van der Waals surface area contributed by atoms with E-state index < -0.39 is 22.9 Å². The summed E-state index contributed by atoms with van der Waals surface area (Å²) in [7, 11) is 1.27. The predicted octanol–water partition coefficient (Wildman–Crippen LogP) is 3.06. The Bertz CT molecular complexity index is 398. The third-order valence-electron chi connectivity index (χ3n) is 1.60. The predicted molar refractivity (Wildman–Crippen MR) is 50.9 cm³/mol. The summed E-state index contributed by atoms with van der Waals surface area (Å²) in [5.74, 6) is -0.0478. The smallest absolute Gasteiger partial charge is 0.271 e. The number of carbonyl (C=O) groups is 1. The first-order chi connectivity index (χ1) is 6.97. The monoisotopic (exact) mass is 255 g/mol. The molecule has 0 N–H and O–H groups in total. The Morgan fingerprint density at radius 2 is 2.20 bits per heavy atom. The van der Waals surface area contributed by atoms with E-state index in [1.165, 1.54) is 7.11 Å². The zero-order valence-corrected chi connectivity index (χ0v) is 8.94. The maximum atomic E-state index is 12.5. The lowest BCUT2D eigenvalue weighted by molar-refractivity contribution is 0.105. The summed E-state index contributed by atoms with van der Waals surface area (Å²) >= 11 is 10.6. The number of hydrogen-bond donors (Lipinski definition) is 0. The van der Waals surface area contributed by atoms with Crippen molar-refractivity contribution in [3.63, 3.8) is 0 Å². The van der Waals surface area contributed by atoms with E-state index in [4.69, 9.17) is 23.2 Å². The van der Waals surface area contributed by atoms with Crippen molar-refractivity contribution in [2.24, 2.45) is 0 Å². The van der Waals surface area contributed by atoms with Crippen LogP contribution in [0.1, 0.15) is 22.5 Å². The fourth-order valence-electron chi connectivity index (χ4n) is 0.964. The Hall–Kier alpha value is -0.940. The van der Waals surface area contributed by atoms with Gasteiger partial charge in [-0.1, -0.05) is 11.6 Å². The van der Waals surface area contributed by atoms with Crippen molar-refractivity contribution in [1.82, 2.24) is 4.98 Å². The van der Waals surface area contributed by atoms with Gasteiger partial charge in [0.1, 0.15) is 5.69 Å². The van der Waals surface area contributed by atoms with E-state index in [0.717, 1.165) is 6.07 Å². The highest BCUT2D eigenvalue weighted by atomic mass is 35.5. The van der Waals surface area contributed by atoms with Gasteiger partial charge >= 0.3 is 0 Å². The number of rotatable bonds is 3. The number of hydrogen-bond acceptors (Lipinski definition) is 3. The molecule has 1 aromatic rings. The van der Waals surface area contributed by atoms with Crippen LogP contribution in [0.3, 0.4) is 0 Å². The molecule has 0 aliphatic carbocycles. The van der Waals surface area contributed by atoms with Crippen LogP contribution >= 0.6 is 23.2 Å². The van der Waals surface area contributed by atoms with E-state index in [9.17, 15) is 13.6 Å². The van der Waals surface area contributed by atoms with Gasteiger partial charge in [-0.15, -0.1) is 0 Å². The Morgan fingerprint density at radius 3 is 2.60 bits per heavy atom. The number of alkyl halides is 2. The van der Waals surface area contributed by atoms with E-state index in [0.29, 0.717) is 0 Å². The van der Waals surface area contributed by atoms with E-state index in [-0.39, 0.29) is 10.9 Å². The van der Waals surface area contributed by atoms with E-state index in [1.54, 1.807) is 0 Å². The number of ether oxygens (including phenoxy) is 1. The molecule has 7 heteroatoms. The molecule has 0 unspecified atom stereocenters. The second-order valence-corrected chi connectivity index (χ2v) is 3.23. The standard InChI is InChI=1S/C8H5Cl2F2NO2/c1-15-4-2-3(9)5(8(11)12)6(13-4)7(10)14/h2,8H,1H3. The first-order valence-corrected chi connectivity index (χ1v) is 4.45. The summed E-state index contributed by atoms with van der Waals surface area (Å²) in [5, 5.41) is -1.41. The quantitative estimate of drug-likeness (QED) is 0.780. The molecule has 1 rings (SSSR count). The normalized spacial score (nSPS) is 10.5. The molecule has 82 valence electrons.